The van der Waals surface area contributed by atoms with Gasteiger partial charge >= 0.3 is 5.97 Å². The van der Waals surface area contributed by atoms with Gasteiger partial charge in [0.2, 0.25) is 0 Å². The molecule has 98 valence electrons. The number of aldehydes is 1. The summed E-state index contributed by atoms with van der Waals surface area (Å²) >= 11 is 5.84. The van der Waals surface area contributed by atoms with Crippen LogP contribution in [0.5, 0.6) is 11.5 Å². The van der Waals surface area contributed by atoms with Crippen molar-refractivity contribution in [3.8, 4) is 11.5 Å². The summed E-state index contributed by atoms with van der Waals surface area (Å²) in [6.45, 7) is 0. The van der Waals surface area contributed by atoms with Crippen LogP contribution in [0.2, 0.25) is 5.02 Å². The van der Waals surface area contributed by atoms with Crippen molar-refractivity contribution in [1.29, 1.82) is 0 Å². The van der Waals surface area contributed by atoms with Crippen molar-refractivity contribution in [1.82, 2.24) is 0 Å². The van der Waals surface area contributed by atoms with E-state index in [1.165, 1.54) is 20.3 Å². The number of carbonyl (C=O) groups is 2. The van der Waals surface area contributed by atoms with Crippen molar-refractivity contribution in [2.75, 3.05) is 14.2 Å². The van der Waals surface area contributed by atoms with Crippen LogP contribution in [0.25, 0.3) is 0 Å². The molecule has 6 nitrogen and oxygen atoms in total. The van der Waals surface area contributed by atoms with Gasteiger partial charge in [0, 0.05) is 0 Å². The van der Waals surface area contributed by atoms with Gasteiger partial charge in [-0.05, 0) is 6.07 Å². The van der Waals surface area contributed by atoms with Crippen molar-refractivity contribution in [2.24, 2.45) is 0 Å². The third-order valence-corrected chi connectivity index (χ3v) is 2.61. The second-order valence-corrected chi connectivity index (χ2v) is 3.69. The van der Waals surface area contributed by atoms with E-state index in [0.29, 0.717) is 6.29 Å². The number of benzene rings is 1. The number of hydrogen-bond acceptors (Lipinski definition) is 5. The Morgan fingerprint density at radius 2 is 1.94 bits per heavy atom. The monoisotopic (exact) mass is 274 g/mol. The number of halogens is 1. The fraction of sp³-hybridized carbons (Fsp3) is 0.273. The quantitative estimate of drug-likeness (QED) is 0.786. The van der Waals surface area contributed by atoms with E-state index in [4.69, 9.17) is 26.2 Å². The van der Waals surface area contributed by atoms with E-state index in [1.54, 1.807) is 0 Å². The number of hydrogen-bond donors (Lipinski definition) is 2. The number of carboxylic acid groups (broad SMARTS) is 1. The molecule has 1 atom stereocenters. The molecule has 0 saturated carbocycles. The number of carboxylic acids is 1. The van der Waals surface area contributed by atoms with Gasteiger partial charge in [0.1, 0.15) is 0 Å². The normalized spacial score (nSPS) is 11.8. The molecule has 1 rings (SSSR count). The second kappa shape index (κ2) is 5.70. The molecule has 0 spiro atoms. The van der Waals surface area contributed by atoms with Crippen LogP contribution in [-0.2, 0) is 4.79 Å². The zero-order valence-electron chi connectivity index (χ0n) is 9.64. The van der Waals surface area contributed by atoms with Crippen molar-refractivity contribution in [3.05, 3.63) is 22.2 Å². The molecule has 0 saturated heterocycles. The first-order valence-electron chi connectivity index (χ1n) is 4.78. The van der Waals surface area contributed by atoms with Gasteiger partial charge in [-0.25, -0.2) is 4.79 Å². The van der Waals surface area contributed by atoms with Gasteiger partial charge in [0.25, 0.3) is 0 Å². The lowest BCUT2D eigenvalue weighted by molar-refractivity contribution is -0.147. The average Bonchev–Trinajstić information content (AvgIpc) is 2.36. The molecule has 0 bridgehead atoms. The molecule has 0 aliphatic heterocycles. The molecule has 0 aliphatic carbocycles. The molecular formula is C11H11ClO6. The molecule has 0 aromatic heterocycles. The van der Waals surface area contributed by atoms with Crippen LogP contribution >= 0.6 is 11.6 Å². The van der Waals surface area contributed by atoms with Gasteiger partial charge in [-0.3, -0.25) is 4.79 Å². The van der Waals surface area contributed by atoms with E-state index in [2.05, 4.69) is 0 Å². The molecule has 0 aliphatic rings. The summed E-state index contributed by atoms with van der Waals surface area (Å²) in [5, 5.41) is 18.3. The molecule has 0 fully saturated rings. The highest BCUT2D eigenvalue weighted by molar-refractivity contribution is 6.32. The van der Waals surface area contributed by atoms with Crippen LogP contribution < -0.4 is 9.47 Å². The Labute approximate surface area is 108 Å². The summed E-state index contributed by atoms with van der Waals surface area (Å²) in [5.74, 6) is -1.55. The van der Waals surface area contributed by atoms with E-state index < -0.39 is 12.1 Å². The van der Waals surface area contributed by atoms with Gasteiger partial charge < -0.3 is 19.7 Å². The van der Waals surface area contributed by atoms with Crippen LogP contribution in [0.1, 0.15) is 22.0 Å². The maximum atomic E-state index is 10.8. The summed E-state index contributed by atoms with van der Waals surface area (Å²) in [5.41, 5.74) is -0.0604. The average molecular weight is 275 g/mol. The second-order valence-electron chi connectivity index (χ2n) is 3.29. The largest absolute Gasteiger partial charge is 0.492 e. The number of ether oxygens (including phenoxy) is 2. The topological polar surface area (TPSA) is 93.1 Å². The fourth-order valence-electron chi connectivity index (χ4n) is 1.52. The molecule has 0 radical (unpaired) electrons. The molecule has 1 aromatic rings. The lowest BCUT2D eigenvalue weighted by Crippen LogP contribution is -2.13. The standard InChI is InChI=1S/C11H11ClO6/c1-17-9-5(4-13)3-6(12)7(10(9)18-2)8(14)11(15)16/h3-4,8,14H,1-2H3,(H,15,16). The maximum absolute atomic E-state index is 10.8. The van der Waals surface area contributed by atoms with Crippen molar-refractivity contribution in [3.63, 3.8) is 0 Å². The summed E-state index contributed by atoms with van der Waals surface area (Å²) in [6, 6.07) is 1.21. The number of rotatable bonds is 5. The Hall–Kier alpha value is -1.79. The van der Waals surface area contributed by atoms with Gasteiger partial charge in [-0.1, -0.05) is 11.6 Å². The van der Waals surface area contributed by atoms with Gasteiger partial charge in [-0.2, -0.15) is 0 Å². The molecular weight excluding hydrogens is 264 g/mol. The van der Waals surface area contributed by atoms with Crippen LogP contribution in [0.4, 0.5) is 0 Å². The zero-order valence-corrected chi connectivity index (χ0v) is 10.4. The molecule has 0 heterocycles. The van der Waals surface area contributed by atoms with E-state index in [0.717, 1.165) is 0 Å². The first-order valence-corrected chi connectivity index (χ1v) is 5.16. The van der Waals surface area contributed by atoms with Crippen molar-refractivity contribution < 1.29 is 29.3 Å². The predicted molar refractivity (Wildman–Crippen MR) is 62.5 cm³/mol. The van der Waals surface area contributed by atoms with E-state index in [-0.39, 0.29) is 27.6 Å². The third-order valence-electron chi connectivity index (χ3n) is 2.30. The fourth-order valence-corrected chi connectivity index (χ4v) is 1.83. The SMILES string of the molecule is COc1c(C=O)cc(Cl)c(C(O)C(=O)O)c1OC. The van der Waals surface area contributed by atoms with Crippen LogP contribution in [0, 0.1) is 0 Å². The summed E-state index contributed by atoms with van der Waals surface area (Å²) < 4.78 is 9.94. The van der Waals surface area contributed by atoms with E-state index in [9.17, 15) is 14.7 Å². The first kappa shape index (κ1) is 14.3. The first-order chi connectivity index (χ1) is 8.47. The Morgan fingerprint density at radius 1 is 1.39 bits per heavy atom. The lowest BCUT2D eigenvalue weighted by atomic mass is 10.0. The summed E-state index contributed by atoms with van der Waals surface area (Å²) in [6.07, 6.45) is -1.38. The molecule has 0 amide bonds. The Kier molecular flexibility index (Phi) is 4.52. The molecule has 18 heavy (non-hydrogen) atoms. The molecule has 1 aromatic carbocycles. The smallest absolute Gasteiger partial charge is 0.337 e. The number of aliphatic hydroxyl groups excluding tert-OH is 1. The number of aliphatic hydroxyl groups is 1. The van der Waals surface area contributed by atoms with E-state index >= 15 is 0 Å². The minimum atomic E-state index is -1.87. The number of carbonyl (C=O) groups excluding carboxylic acids is 1. The molecule has 2 N–H and O–H groups in total. The third kappa shape index (κ3) is 2.39. The number of methoxy groups -OCH3 is 2. The van der Waals surface area contributed by atoms with Crippen LogP contribution in [-0.4, -0.2) is 36.7 Å². The Bertz CT molecular complexity index is 485. The van der Waals surface area contributed by atoms with E-state index in [1.807, 2.05) is 0 Å². The minimum absolute atomic E-state index is 0.0206. The van der Waals surface area contributed by atoms with Crippen LogP contribution in [0.15, 0.2) is 6.07 Å². The maximum Gasteiger partial charge on any atom is 0.337 e. The predicted octanol–water partition coefficient (Wildman–Crippen LogP) is 1.29. The highest BCUT2D eigenvalue weighted by atomic mass is 35.5. The molecule has 7 heteroatoms. The summed E-state index contributed by atoms with van der Waals surface area (Å²) in [7, 11) is 2.54. The van der Waals surface area contributed by atoms with Crippen LogP contribution in [0.3, 0.4) is 0 Å². The molecule has 1 unspecified atom stereocenters. The highest BCUT2D eigenvalue weighted by Crippen LogP contribution is 2.41. The number of aliphatic carboxylic acids is 1. The van der Waals surface area contributed by atoms with Gasteiger partial charge in [0.05, 0.1) is 30.4 Å². The summed E-state index contributed by atoms with van der Waals surface area (Å²) in [4.78, 5) is 21.6. The van der Waals surface area contributed by atoms with Gasteiger partial charge in [0.15, 0.2) is 23.9 Å². The zero-order chi connectivity index (χ0) is 13.9. The lowest BCUT2D eigenvalue weighted by Gasteiger charge is -2.17. The Morgan fingerprint density at radius 3 is 2.33 bits per heavy atom. The van der Waals surface area contributed by atoms with Gasteiger partial charge in [-0.15, -0.1) is 0 Å². The minimum Gasteiger partial charge on any atom is -0.492 e. The van der Waals surface area contributed by atoms with Crippen molar-refractivity contribution in [2.45, 2.75) is 6.10 Å². The Balaban J connectivity index is 3.60. The van der Waals surface area contributed by atoms with Crippen molar-refractivity contribution >= 4 is 23.9 Å². The highest BCUT2D eigenvalue weighted by Gasteiger charge is 2.28.